The van der Waals surface area contributed by atoms with E-state index in [1.54, 1.807) is 25.3 Å². The summed E-state index contributed by atoms with van der Waals surface area (Å²) in [6.45, 7) is 2.87. The van der Waals surface area contributed by atoms with Crippen LogP contribution in [0, 0.1) is 0 Å². The van der Waals surface area contributed by atoms with Gasteiger partial charge in [0.1, 0.15) is 0 Å². The van der Waals surface area contributed by atoms with Gasteiger partial charge in [-0.3, -0.25) is 9.59 Å². The highest BCUT2D eigenvalue weighted by atomic mass is 16.5. The molecule has 0 unspecified atom stereocenters. The number of Topliss-reactive ketones (excluding diaryl/α,β-unsaturated/α-hetero) is 1. The molecular weight excluding hydrogens is 258 g/mol. The lowest BCUT2D eigenvalue weighted by molar-refractivity contribution is -0.121. The molecule has 1 heterocycles. The molecule has 0 N–H and O–H groups in total. The van der Waals surface area contributed by atoms with Gasteiger partial charge >= 0.3 is 0 Å². The minimum Gasteiger partial charge on any atom is -0.493 e. The van der Waals surface area contributed by atoms with Crippen molar-refractivity contribution in [3.05, 3.63) is 18.2 Å². The molecule has 1 saturated heterocycles. The Bertz CT molecular complexity index is 513. The number of nitrogens with zero attached hydrogens (tertiary/aromatic N) is 1. The predicted molar refractivity (Wildman–Crippen MR) is 75.4 cm³/mol. The van der Waals surface area contributed by atoms with E-state index in [1.165, 1.54) is 4.90 Å². The Balaban J connectivity index is 2.16. The van der Waals surface area contributed by atoms with E-state index in [9.17, 15) is 9.59 Å². The van der Waals surface area contributed by atoms with Crippen molar-refractivity contribution in [3.63, 3.8) is 0 Å². The highest BCUT2D eigenvalue weighted by Gasteiger charge is 2.29. The molecular formula is C15H19NO4. The Morgan fingerprint density at radius 3 is 2.65 bits per heavy atom. The van der Waals surface area contributed by atoms with E-state index < -0.39 is 0 Å². The fourth-order valence-corrected chi connectivity index (χ4v) is 2.09. The van der Waals surface area contributed by atoms with Gasteiger partial charge in [0.2, 0.25) is 5.91 Å². The SMILES string of the molecule is CCCCOc1ccc(N2CC(=O)CC2=O)cc1OC. The van der Waals surface area contributed by atoms with Crippen LogP contribution in [-0.2, 0) is 9.59 Å². The molecule has 1 fully saturated rings. The van der Waals surface area contributed by atoms with Gasteiger partial charge in [-0.2, -0.15) is 0 Å². The lowest BCUT2D eigenvalue weighted by Crippen LogP contribution is -2.24. The van der Waals surface area contributed by atoms with Gasteiger partial charge in [-0.1, -0.05) is 13.3 Å². The Labute approximate surface area is 118 Å². The summed E-state index contributed by atoms with van der Waals surface area (Å²) in [7, 11) is 1.56. The Morgan fingerprint density at radius 2 is 2.05 bits per heavy atom. The fraction of sp³-hybridized carbons (Fsp3) is 0.467. The second kappa shape index (κ2) is 6.41. The van der Waals surface area contributed by atoms with E-state index in [0.717, 1.165) is 12.8 Å². The number of carbonyl (C=O) groups excluding carboxylic acids is 2. The molecule has 20 heavy (non-hydrogen) atoms. The molecule has 1 amide bonds. The summed E-state index contributed by atoms with van der Waals surface area (Å²) in [6.07, 6.45) is 2.02. The third kappa shape index (κ3) is 3.10. The van der Waals surface area contributed by atoms with Crippen LogP contribution in [0.4, 0.5) is 5.69 Å². The van der Waals surface area contributed by atoms with Gasteiger partial charge in [0.25, 0.3) is 0 Å². The molecule has 0 aromatic heterocycles. The molecule has 5 nitrogen and oxygen atoms in total. The van der Waals surface area contributed by atoms with Crippen LogP contribution in [-0.4, -0.2) is 32.0 Å². The van der Waals surface area contributed by atoms with E-state index in [-0.39, 0.29) is 24.7 Å². The number of carbonyl (C=O) groups is 2. The molecule has 0 saturated carbocycles. The number of hydrogen-bond donors (Lipinski definition) is 0. The lowest BCUT2D eigenvalue weighted by Gasteiger charge is -2.17. The standard InChI is InChI=1S/C15H19NO4/c1-3-4-7-20-13-6-5-11(8-14(13)19-2)16-10-12(17)9-15(16)18/h5-6,8H,3-4,7,9-10H2,1-2H3. The average molecular weight is 277 g/mol. The minimum atomic E-state index is -0.170. The van der Waals surface area contributed by atoms with Gasteiger partial charge in [-0.25, -0.2) is 0 Å². The molecule has 108 valence electrons. The van der Waals surface area contributed by atoms with Gasteiger partial charge in [-0.15, -0.1) is 0 Å². The van der Waals surface area contributed by atoms with E-state index >= 15 is 0 Å². The van der Waals surface area contributed by atoms with E-state index in [1.807, 2.05) is 0 Å². The van der Waals surface area contributed by atoms with E-state index in [2.05, 4.69) is 6.92 Å². The third-order valence-electron chi connectivity index (χ3n) is 3.20. The number of ketones is 1. The van der Waals surface area contributed by atoms with Crippen molar-refractivity contribution in [2.45, 2.75) is 26.2 Å². The second-order valence-electron chi connectivity index (χ2n) is 4.73. The minimum absolute atomic E-state index is 0.0168. The molecule has 0 spiro atoms. The summed E-state index contributed by atoms with van der Waals surface area (Å²) in [4.78, 5) is 24.5. The lowest BCUT2D eigenvalue weighted by atomic mass is 10.2. The molecule has 1 aliphatic rings. The van der Waals surface area contributed by atoms with Crippen molar-refractivity contribution in [2.75, 3.05) is 25.2 Å². The van der Waals surface area contributed by atoms with Gasteiger partial charge in [-0.05, 0) is 18.6 Å². The summed E-state index contributed by atoms with van der Waals surface area (Å²) in [6, 6.07) is 5.29. The maximum absolute atomic E-state index is 11.7. The van der Waals surface area contributed by atoms with Crippen LogP contribution in [0.25, 0.3) is 0 Å². The Morgan fingerprint density at radius 1 is 1.25 bits per heavy atom. The number of hydrogen-bond acceptors (Lipinski definition) is 4. The number of anilines is 1. The van der Waals surface area contributed by atoms with Crippen LogP contribution < -0.4 is 14.4 Å². The largest absolute Gasteiger partial charge is 0.493 e. The number of amides is 1. The highest BCUT2D eigenvalue weighted by Crippen LogP contribution is 2.33. The molecule has 1 aromatic rings. The fourth-order valence-electron chi connectivity index (χ4n) is 2.09. The van der Waals surface area contributed by atoms with Crippen LogP contribution >= 0.6 is 0 Å². The first-order valence-electron chi connectivity index (χ1n) is 6.78. The van der Waals surface area contributed by atoms with Crippen molar-refractivity contribution in [2.24, 2.45) is 0 Å². The normalized spacial score (nSPS) is 14.8. The number of methoxy groups -OCH3 is 1. The van der Waals surface area contributed by atoms with Crippen LogP contribution in [0.2, 0.25) is 0 Å². The zero-order chi connectivity index (χ0) is 14.5. The van der Waals surface area contributed by atoms with Crippen LogP contribution in [0.5, 0.6) is 11.5 Å². The zero-order valence-corrected chi connectivity index (χ0v) is 11.8. The molecule has 5 heteroatoms. The maximum atomic E-state index is 11.7. The molecule has 1 aromatic carbocycles. The average Bonchev–Trinajstić information content (AvgIpc) is 2.78. The molecule has 0 atom stereocenters. The topological polar surface area (TPSA) is 55.8 Å². The predicted octanol–water partition coefficient (Wildman–Crippen LogP) is 2.18. The summed E-state index contributed by atoms with van der Waals surface area (Å²) < 4.78 is 10.9. The number of ether oxygens (including phenoxy) is 2. The highest BCUT2D eigenvalue weighted by molar-refractivity contribution is 6.15. The number of benzene rings is 1. The number of rotatable bonds is 6. The van der Waals surface area contributed by atoms with Crippen molar-refractivity contribution in [3.8, 4) is 11.5 Å². The first-order valence-corrected chi connectivity index (χ1v) is 6.78. The van der Waals surface area contributed by atoms with Gasteiger partial charge in [0.05, 0.1) is 26.7 Å². The molecule has 0 radical (unpaired) electrons. The zero-order valence-electron chi connectivity index (χ0n) is 11.8. The van der Waals surface area contributed by atoms with Gasteiger partial charge < -0.3 is 14.4 Å². The first-order chi connectivity index (χ1) is 9.65. The summed E-state index contributed by atoms with van der Waals surface area (Å²) in [5.41, 5.74) is 0.667. The molecule has 2 rings (SSSR count). The Kier molecular flexibility index (Phi) is 4.61. The van der Waals surface area contributed by atoms with Crippen LogP contribution in [0.3, 0.4) is 0 Å². The second-order valence-corrected chi connectivity index (χ2v) is 4.73. The van der Waals surface area contributed by atoms with Crippen molar-refractivity contribution in [1.82, 2.24) is 0 Å². The van der Waals surface area contributed by atoms with Gasteiger partial charge in [0.15, 0.2) is 17.3 Å². The van der Waals surface area contributed by atoms with Crippen LogP contribution in [0.15, 0.2) is 18.2 Å². The van der Waals surface area contributed by atoms with Crippen molar-refractivity contribution >= 4 is 17.4 Å². The summed E-state index contributed by atoms with van der Waals surface area (Å²) >= 11 is 0. The van der Waals surface area contributed by atoms with Crippen LogP contribution in [0.1, 0.15) is 26.2 Å². The van der Waals surface area contributed by atoms with E-state index in [4.69, 9.17) is 9.47 Å². The smallest absolute Gasteiger partial charge is 0.234 e. The molecule has 1 aliphatic heterocycles. The summed E-state index contributed by atoms with van der Waals surface area (Å²) in [5.74, 6) is 1.00. The summed E-state index contributed by atoms with van der Waals surface area (Å²) in [5, 5.41) is 0. The first kappa shape index (κ1) is 14.4. The maximum Gasteiger partial charge on any atom is 0.234 e. The molecule has 0 aliphatic carbocycles. The van der Waals surface area contributed by atoms with Crippen molar-refractivity contribution in [1.29, 1.82) is 0 Å². The molecule has 0 bridgehead atoms. The quantitative estimate of drug-likeness (QED) is 0.591. The number of unbranched alkanes of at least 4 members (excludes halogenated alkanes) is 1. The third-order valence-corrected chi connectivity index (χ3v) is 3.20. The van der Waals surface area contributed by atoms with Crippen molar-refractivity contribution < 1.29 is 19.1 Å². The van der Waals surface area contributed by atoms with E-state index in [0.29, 0.717) is 23.8 Å². The monoisotopic (exact) mass is 277 g/mol. The van der Waals surface area contributed by atoms with Gasteiger partial charge in [0, 0.05) is 11.8 Å². The Hall–Kier alpha value is -2.04.